The molecule has 1 saturated carbocycles. The fraction of sp³-hybridized carbons (Fsp3) is 0.562. The fourth-order valence-corrected chi connectivity index (χ4v) is 5.42. The molecule has 2 aliphatic rings. The SMILES string of the molecule is Cc1noc2nc(C3CC3)cc(C(=O)N[C@@]3(C)CCS(=O)(=O)C3)c12. The summed E-state index contributed by atoms with van der Waals surface area (Å²) in [6.45, 7) is 3.54. The van der Waals surface area contributed by atoms with Gasteiger partial charge in [-0.1, -0.05) is 5.16 Å². The van der Waals surface area contributed by atoms with Crippen molar-refractivity contribution in [3.05, 3.63) is 23.0 Å². The first-order chi connectivity index (χ1) is 11.3. The quantitative estimate of drug-likeness (QED) is 0.905. The number of nitrogens with zero attached hydrogens (tertiary/aromatic N) is 2. The summed E-state index contributed by atoms with van der Waals surface area (Å²) < 4.78 is 28.8. The van der Waals surface area contributed by atoms with Crippen molar-refractivity contribution in [1.82, 2.24) is 15.5 Å². The third-order valence-electron chi connectivity index (χ3n) is 4.80. The van der Waals surface area contributed by atoms with Gasteiger partial charge in [0.05, 0.1) is 33.7 Å². The number of aromatic nitrogens is 2. The van der Waals surface area contributed by atoms with E-state index >= 15 is 0 Å². The first-order valence-corrected chi connectivity index (χ1v) is 9.88. The van der Waals surface area contributed by atoms with Crippen molar-refractivity contribution >= 4 is 26.8 Å². The molecular weight excluding hydrogens is 330 g/mol. The van der Waals surface area contributed by atoms with E-state index in [9.17, 15) is 13.2 Å². The lowest BCUT2D eigenvalue weighted by Gasteiger charge is -2.24. The van der Waals surface area contributed by atoms with Crippen molar-refractivity contribution in [2.75, 3.05) is 11.5 Å². The van der Waals surface area contributed by atoms with Crippen LogP contribution < -0.4 is 5.32 Å². The lowest BCUT2D eigenvalue weighted by atomic mass is 10.00. The first-order valence-electron chi connectivity index (χ1n) is 8.06. The maximum Gasteiger partial charge on any atom is 0.259 e. The van der Waals surface area contributed by atoms with Gasteiger partial charge in [-0.05, 0) is 39.2 Å². The third-order valence-corrected chi connectivity index (χ3v) is 6.70. The van der Waals surface area contributed by atoms with E-state index in [0.717, 1.165) is 18.5 Å². The summed E-state index contributed by atoms with van der Waals surface area (Å²) in [6, 6.07) is 1.80. The normalized spacial score (nSPS) is 25.9. The zero-order valence-corrected chi connectivity index (χ0v) is 14.4. The molecule has 0 radical (unpaired) electrons. The molecule has 0 unspecified atom stereocenters. The number of carbonyl (C=O) groups is 1. The summed E-state index contributed by atoms with van der Waals surface area (Å²) in [6.07, 6.45) is 2.54. The maximum absolute atomic E-state index is 12.9. The number of rotatable bonds is 3. The number of carbonyl (C=O) groups excluding carboxylic acids is 1. The predicted molar refractivity (Wildman–Crippen MR) is 87.7 cm³/mol. The van der Waals surface area contributed by atoms with Crippen molar-refractivity contribution in [3.8, 4) is 0 Å². The molecule has 3 heterocycles. The third kappa shape index (κ3) is 2.68. The Kier molecular flexibility index (Phi) is 3.25. The number of nitrogens with one attached hydrogen (secondary N) is 1. The molecule has 1 amide bonds. The average Bonchev–Trinajstić information content (AvgIpc) is 3.23. The summed E-state index contributed by atoms with van der Waals surface area (Å²) in [7, 11) is -3.09. The smallest absolute Gasteiger partial charge is 0.259 e. The van der Waals surface area contributed by atoms with Crippen molar-refractivity contribution in [1.29, 1.82) is 0 Å². The summed E-state index contributed by atoms with van der Waals surface area (Å²) in [5.74, 6) is 0.150. The molecule has 2 aromatic rings. The molecule has 1 atom stereocenters. The van der Waals surface area contributed by atoms with Gasteiger partial charge in [0.25, 0.3) is 11.6 Å². The van der Waals surface area contributed by atoms with Crippen molar-refractivity contribution in [2.45, 2.75) is 44.6 Å². The minimum atomic E-state index is -3.09. The van der Waals surface area contributed by atoms with Crippen LogP contribution in [0, 0.1) is 6.92 Å². The molecule has 128 valence electrons. The Morgan fingerprint density at radius 1 is 1.42 bits per heavy atom. The number of fused-ring (bicyclic) bond motifs is 1. The highest BCUT2D eigenvalue weighted by Gasteiger charge is 2.40. The zero-order chi connectivity index (χ0) is 17.1. The second-order valence-corrected chi connectivity index (χ2v) is 9.36. The molecular formula is C16H19N3O4S. The fourth-order valence-electron chi connectivity index (χ4n) is 3.33. The second kappa shape index (κ2) is 5.02. The standard InChI is InChI=1S/C16H19N3O4S/c1-9-13-11(7-12(10-3-4-10)17-15(13)23-19-9)14(20)18-16(2)5-6-24(21,22)8-16/h7,10H,3-6,8H2,1-2H3,(H,18,20)/t16-/m0/s1. The molecule has 1 aliphatic heterocycles. The topological polar surface area (TPSA) is 102 Å². The minimum absolute atomic E-state index is 0.0297. The Labute approximate surface area is 139 Å². The highest BCUT2D eigenvalue weighted by atomic mass is 32.2. The van der Waals surface area contributed by atoms with Crippen LogP contribution in [0.2, 0.25) is 0 Å². The minimum Gasteiger partial charge on any atom is -0.346 e. The van der Waals surface area contributed by atoms with Crippen LogP contribution in [0.3, 0.4) is 0 Å². The number of aryl methyl sites for hydroxylation is 1. The van der Waals surface area contributed by atoms with Gasteiger partial charge in [-0.3, -0.25) is 4.79 Å². The molecule has 1 saturated heterocycles. The number of sulfone groups is 1. The van der Waals surface area contributed by atoms with Crippen LogP contribution in [0.4, 0.5) is 0 Å². The van der Waals surface area contributed by atoms with Crippen LogP contribution in [0.1, 0.15) is 53.8 Å². The highest BCUT2D eigenvalue weighted by molar-refractivity contribution is 7.91. The Morgan fingerprint density at radius 3 is 2.79 bits per heavy atom. The Bertz CT molecular complexity index is 946. The molecule has 0 spiro atoms. The zero-order valence-electron chi connectivity index (χ0n) is 13.6. The first kappa shape index (κ1) is 15.6. The Hall–Kier alpha value is -1.96. The predicted octanol–water partition coefficient (Wildman–Crippen LogP) is 1.72. The number of pyridine rings is 1. The number of hydrogen-bond acceptors (Lipinski definition) is 6. The van der Waals surface area contributed by atoms with E-state index in [4.69, 9.17) is 4.52 Å². The van der Waals surface area contributed by atoms with Crippen molar-refractivity contribution in [2.24, 2.45) is 0 Å². The van der Waals surface area contributed by atoms with Crippen molar-refractivity contribution < 1.29 is 17.7 Å². The largest absolute Gasteiger partial charge is 0.346 e. The molecule has 4 rings (SSSR count). The van der Waals surface area contributed by atoms with Crippen LogP contribution in [-0.4, -0.2) is 41.5 Å². The molecule has 8 heteroatoms. The Morgan fingerprint density at radius 2 is 2.17 bits per heavy atom. The van der Waals surface area contributed by atoms with Gasteiger partial charge in [0, 0.05) is 11.6 Å². The van der Waals surface area contributed by atoms with Gasteiger partial charge in [-0.25, -0.2) is 13.4 Å². The van der Waals surface area contributed by atoms with Gasteiger partial charge in [0.1, 0.15) is 0 Å². The number of amides is 1. The molecule has 2 aromatic heterocycles. The van der Waals surface area contributed by atoms with E-state index in [0.29, 0.717) is 34.7 Å². The lowest BCUT2D eigenvalue weighted by Crippen LogP contribution is -2.47. The average molecular weight is 349 g/mol. The molecule has 2 fully saturated rings. The van der Waals surface area contributed by atoms with E-state index in [1.54, 1.807) is 19.9 Å². The lowest BCUT2D eigenvalue weighted by molar-refractivity contribution is 0.0917. The molecule has 1 N–H and O–H groups in total. The summed E-state index contributed by atoms with van der Waals surface area (Å²) in [5, 5.41) is 7.42. The molecule has 0 bridgehead atoms. The van der Waals surface area contributed by atoms with Gasteiger partial charge in [0.2, 0.25) is 0 Å². The van der Waals surface area contributed by atoms with Crippen LogP contribution in [-0.2, 0) is 9.84 Å². The van der Waals surface area contributed by atoms with Gasteiger partial charge in [-0.15, -0.1) is 0 Å². The van der Waals surface area contributed by atoms with Gasteiger partial charge in [-0.2, -0.15) is 0 Å². The van der Waals surface area contributed by atoms with Crippen LogP contribution >= 0.6 is 0 Å². The molecule has 24 heavy (non-hydrogen) atoms. The van der Waals surface area contributed by atoms with E-state index in [-0.39, 0.29) is 17.4 Å². The highest BCUT2D eigenvalue weighted by Crippen LogP contribution is 2.40. The number of hydrogen-bond donors (Lipinski definition) is 1. The van der Waals surface area contributed by atoms with Gasteiger partial charge in [0.15, 0.2) is 9.84 Å². The van der Waals surface area contributed by atoms with Crippen LogP contribution in [0.5, 0.6) is 0 Å². The summed E-state index contributed by atoms with van der Waals surface area (Å²) in [4.78, 5) is 17.3. The summed E-state index contributed by atoms with van der Waals surface area (Å²) in [5.41, 5.74) is 1.54. The molecule has 7 nitrogen and oxygen atoms in total. The van der Waals surface area contributed by atoms with Gasteiger partial charge >= 0.3 is 0 Å². The maximum atomic E-state index is 12.9. The van der Waals surface area contributed by atoms with E-state index in [1.807, 2.05) is 0 Å². The Balaban J connectivity index is 1.72. The summed E-state index contributed by atoms with van der Waals surface area (Å²) >= 11 is 0. The second-order valence-electron chi connectivity index (χ2n) is 7.17. The van der Waals surface area contributed by atoms with E-state index in [1.165, 1.54) is 0 Å². The van der Waals surface area contributed by atoms with Gasteiger partial charge < -0.3 is 9.84 Å². The van der Waals surface area contributed by atoms with Crippen LogP contribution in [0.15, 0.2) is 10.6 Å². The molecule has 0 aromatic carbocycles. The van der Waals surface area contributed by atoms with E-state index in [2.05, 4.69) is 15.5 Å². The molecule has 1 aliphatic carbocycles. The van der Waals surface area contributed by atoms with E-state index < -0.39 is 15.4 Å². The monoisotopic (exact) mass is 349 g/mol. The van der Waals surface area contributed by atoms with Crippen LogP contribution in [0.25, 0.3) is 11.1 Å². The van der Waals surface area contributed by atoms with Crippen molar-refractivity contribution in [3.63, 3.8) is 0 Å².